The third-order valence-electron chi connectivity index (χ3n) is 3.49. The zero-order valence-corrected chi connectivity index (χ0v) is 13.3. The fourth-order valence-corrected chi connectivity index (χ4v) is 2.81. The first-order valence-electron chi connectivity index (χ1n) is 5.99. The lowest BCUT2D eigenvalue weighted by Gasteiger charge is -2.11. The normalized spacial score (nSPS) is 16.4. The largest absolute Gasteiger partial charge is 0.220 e. The molecule has 0 bridgehead atoms. The molecule has 19 heavy (non-hydrogen) atoms. The lowest BCUT2D eigenvalue weighted by atomic mass is 10.1. The van der Waals surface area contributed by atoms with E-state index in [1.54, 1.807) is 0 Å². The molecule has 0 saturated heterocycles. The SMILES string of the molecule is CC1(c2nc(Cl)c(-c3ccc(Br)cc3)c(Cl)n2)CC1. The van der Waals surface area contributed by atoms with Crippen molar-refractivity contribution in [3.63, 3.8) is 0 Å². The summed E-state index contributed by atoms with van der Waals surface area (Å²) in [6.45, 7) is 2.13. The van der Waals surface area contributed by atoms with Crippen molar-refractivity contribution in [2.45, 2.75) is 25.2 Å². The van der Waals surface area contributed by atoms with Gasteiger partial charge in [-0.2, -0.15) is 0 Å². The summed E-state index contributed by atoms with van der Waals surface area (Å²) in [7, 11) is 0. The molecule has 1 aliphatic rings. The number of hydrogen-bond acceptors (Lipinski definition) is 2. The Morgan fingerprint density at radius 2 is 1.58 bits per heavy atom. The molecular formula is C14H11BrCl2N2. The average molecular weight is 358 g/mol. The van der Waals surface area contributed by atoms with Gasteiger partial charge in [-0.3, -0.25) is 0 Å². The molecule has 1 aromatic heterocycles. The summed E-state index contributed by atoms with van der Waals surface area (Å²) in [4.78, 5) is 8.85. The summed E-state index contributed by atoms with van der Waals surface area (Å²) < 4.78 is 1.01. The predicted octanol–water partition coefficient (Wildman–Crippen LogP) is 5.26. The minimum atomic E-state index is 0.0610. The lowest BCUT2D eigenvalue weighted by Crippen LogP contribution is -2.08. The number of aromatic nitrogens is 2. The number of halogens is 3. The molecule has 0 aliphatic heterocycles. The maximum atomic E-state index is 6.30. The van der Waals surface area contributed by atoms with Gasteiger partial charge in [0.1, 0.15) is 16.1 Å². The minimum absolute atomic E-state index is 0.0610. The molecule has 3 rings (SSSR count). The number of nitrogens with zero attached hydrogens (tertiary/aromatic N) is 2. The van der Waals surface area contributed by atoms with Gasteiger partial charge in [0.25, 0.3) is 0 Å². The fourth-order valence-electron chi connectivity index (χ4n) is 1.94. The van der Waals surface area contributed by atoms with Crippen LogP contribution in [0.3, 0.4) is 0 Å². The van der Waals surface area contributed by atoms with Crippen LogP contribution in [0.15, 0.2) is 28.7 Å². The molecule has 1 aromatic carbocycles. The first kappa shape index (κ1) is 13.3. The zero-order valence-electron chi connectivity index (χ0n) is 10.3. The van der Waals surface area contributed by atoms with Crippen molar-refractivity contribution in [2.24, 2.45) is 0 Å². The van der Waals surface area contributed by atoms with Crippen molar-refractivity contribution in [3.05, 3.63) is 44.9 Å². The molecule has 98 valence electrons. The van der Waals surface area contributed by atoms with Crippen LogP contribution in [0.2, 0.25) is 10.3 Å². The Balaban J connectivity index is 2.09. The van der Waals surface area contributed by atoms with Crippen LogP contribution < -0.4 is 0 Å². The van der Waals surface area contributed by atoms with E-state index in [9.17, 15) is 0 Å². The third-order valence-corrected chi connectivity index (χ3v) is 4.57. The highest BCUT2D eigenvalue weighted by atomic mass is 79.9. The molecule has 0 atom stereocenters. The van der Waals surface area contributed by atoms with Gasteiger partial charge in [0.15, 0.2) is 0 Å². The summed E-state index contributed by atoms with van der Waals surface area (Å²) >= 11 is 16.0. The zero-order chi connectivity index (χ0) is 13.6. The Morgan fingerprint density at radius 3 is 2.05 bits per heavy atom. The highest BCUT2D eigenvalue weighted by Gasteiger charge is 2.42. The van der Waals surface area contributed by atoms with Gasteiger partial charge >= 0.3 is 0 Å². The van der Waals surface area contributed by atoms with Crippen molar-refractivity contribution in [1.82, 2.24) is 9.97 Å². The van der Waals surface area contributed by atoms with E-state index in [0.717, 1.165) is 28.7 Å². The van der Waals surface area contributed by atoms with Gasteiger partial charge in [-0.05, 0) is 30.5 Å². The van der Waals surface area contributed by atoms with Crippen LogP contribution >= 0.6 is 39.1 Å². The Kier molecular flexibility index (Phi) is 3.32. The van der Waals surface area contributed by atoms with E-state index in [0.29, 0.717) is 15.9 Å². The van der Waals surface area contributed by atoms with Crippen LogP contribution in [0, 0.1) is 0 Å². The first-order chi connectivity index (χ1) is 8.99. The summed E-state index contributed by atoms with van der Waals surface area (Å²) in [5.41, 5.74) is 1.68. The molecule has 1 fully saturated rings. The summed E-state index contributed by atoms with van der Waals surface area (Å²) in [5.74, 6) is 0.753. The Hall–Kier alpha value is -0.640. The quantitative estimate of drug-likeness (QED) is 0.684. The van der Waals surface area contributed by atoms with Crippen LogP contribution in [0.5, 0.6) is 0 Å². The fraction of sp³-hybridized carbons (Fsp3) is 0.286. The molecule has 0 amide bonds. The molecule has 0 unspecified atom stereocenters. The van der Waals surface area contributed by atoms with E-state index in [4.69, 9.17) is 23.2 Å². The van der Waals surface area contributed by atoms with Gasteiger partial charge in [-0.15, -0.1) is 0 Å². The number of hydrogen-bond donors (Lipinski definition) is 0. The Bertz CT molecular complexity index is 613. The monoisotopic (exact) mass is 356 g/mol. The van der Waals surface area contributed by atoms with Gasteiger partial charge in [-0.25, -0.2) is 9.97 Å². The maximum Gasteiger partial charge on any atom is 0.142 e. The molecule has 0 spiro atoms. The summed E-state index contributed by atoms with van der Waals surface area (Å²) in [5, 5.41) is 0.843. The molecular weight excluding hydrogens is 347 g/mol. The predicted molar refractivity (Wildman–Crippen MR) is 81.8 cm³/mol. The van der Waals surface area contributed by atoms with Gasteiger partial charge in [0.05, 0.1) is 5.56 Å². The number of benzene rings is 1. The van der Waals surface area contributed by atoms with Crippen LogP contribution in [0.4, 0.5) is 0 Å². The van der Waals surface area contributed by atoms with E-state index < -0.39 is 0 Å². The first-order valence-corrected chi connectivity index (χ1v) is 7.54. The van der Waals surface area contributed by atoms with Crippen LogP contribution in [0.1, 0.15) is 25.6 Å². The van der Waals surface area contributed by atoms with Crippen molar-refractivity contribution in [2.75, 3.05) is 0 Å². The molecule has 2 aromatic rings. The van der Waals surface area contributed by atoms with E-state index >= 15 is 0 Å². The van der Waals surface area contributed by atoms with Crippen LogP contribution in [-0.4, -0.2) is 9.97 Å². The smallest absolute Gasteiger partial charge is 0.142 e. The lowest BCUT2D eigenvalue weighted by molar-refractivity contribution is 0.709. The second-order valence-corrected chi connectivity index (χ2v) is 6.70. The third kappa shape index (κ3) is 2.51. The summed E-state index contributed by atoms with van der Waals surface area (Å²) in [6.07, 6.45) is 2.19. The molecule has 5 heteroatoms. The topological polar surface area (TPSA) is 25.8 Å². The van der Waals surface area contributed by atoms with Crippen molar-refractivity contribution in [3.8, 4) is 11.1 Å². The highest BCUT2D eigenvalue weighted by Crippen LogP contribution is 2.47. The summed E-state index contributed by atoms with van der Waals surface area (Å²) in [6, 6.07) is 7.77. The molecule has 2 nitrogen and oxygen atoms in total. The molecule has 1 aliphatic carbocycles. The van der Waals surface area contributed by atoms with Crippen molar-refractivity contribution < 1.29 is 0 Å². The molecule has 1 saturated carbocycles. The van der Waals surface area contributed by atoms with Gasteiger partial charge in [0, 0.05) is 9.89 Å². The number of rotatable bonds is 2. The van der Waals surface area contributed by atoms with E-state index in [1.807, 2.05) is 24.3 Å². The minimum Gasteiger partial charge on any atom is -0.220 e. The molecule has 0 N–H and O–H groups in total. The van der Waals surface area contributed by atoms with E-state index in [2.05, 4.69) is 32.8 Å². The van der Waals surface area contributed by atoms with Crippen molar-refractivity contribution >= 4 is 39.1 Å². The average Bonchev–Trinajstić information content (AvgIpc) is 3.10. The Morgan fingerprint density at radius 1 is 1.05 bits per heavy atom. The van der Waals surface area contributed by atoms with E-state index in [1.165, 1.54) is 0 Å². The van der Waals surface area contributed by atoms with Crippen LogP contribution in [-0.2, 0) is 5.41 Å². The van der Waals surface area contributed by atoms with E-state index in [-0.39, 0.29) is 5.41 Å². The Labute approximate surface area is 130 Å². The molecule has 1 heterocycles. The van der Waals surface area contributed by atoms with Crippen molar-refractivity contribution in [1.29, 1.82) is 0 Å². The van der Waals surface area contributed by atoms with Gasteiger partial charge in [-0.1, -0.05) is 58.2 Å². The highest BCUT2D eigenvalue weighted by molar-refractivity contribution is 9.10. The molecule has 0 radical (unpaired) electrons. The van der Waals surface area contributed by atoms with Crippen LogP contribution in [0.25, 0.3) is 11.1 Å². The maximum absolute atomic E-state index is 6.30. The van der Waals surface area contributed by atoms with Gasteiger partial charge in [0.2, 0.25) is 0 Å². The second kappa shape index (κ2) is 4.72. The standard InChI is InChI=1S/C14H11BrCl2N2/c1-14(6-7-14)13-18-11(16)10(12(17)19-13)8-2-4-9(15)5-3-8/h2-5H,6-7H2,1H3. The second-order valence-electron chi connectivity index (χ2n) is 5.07. The van der Waals surface area contributed by atoms with Gasteiger partial charge < -0.3 is 0 Å².